The number of ether oxygens (including phenoxy) is 1. The van der Waals surface area contributed by atoms with Gasteiger partial charge >= 0.3 is 5.97 Å². The Kier molecular flexibility index (Phi) is 6.66. The summed E-state index contributed by atoms with van der Waals surface area (Å²) in [7, 11) is 0. The van der Waals surface area contributed by atoms with E-state index in [4.69, 9.17) is 4.74 Å². The summed E-state index contributed by atoms with van der Waals surface area (Å²) in [4.78, 5) is 12.0. The molecule has 6 rings (SSSR count). The van der Waals surface area contributed by atoms with Crippen molar-refractivity contribution < 1.29 is 19.0 Å². The van der Waals surface area contributed by atoms with Crippen molar-refractivity contribution in [3.8, 4) is 17.0 Å². The molecular weight excluding hydrogens is 479 g/mol. The first-order valence-electron chi connectivity index (χ1n) is 13.6. The molecule has 4 aromatic rings. The number of benzene rings is 3. The molecule has 196 valence electrons. The average molecular weight is 513 g/mol. The van der Waals surface area contributed by atoms with Crippen LogP contribution in [0.4, 0.5) is 4.39 Å². The smallest absolute Gasteiger partial charge is 0.335 e. The van der Waals surface area contributed by atoms with Crippen LogP contribution in [-0.4, -0.2) is 28.3 Å². The van der Waals surface area contributed by atoms with E-state index < -0.39 is 5.97 Å². The van der Waals surface area contributed by atoms with Gasteiger partial charge in [0.05, 0.1) is 17.3 Å². The number of aryl methyl sites for hydroxylation is 1. The molecule has 1 saturated carbocycles. The Morgan fingerprint density at radius 3 is 2.63 bits per heavy atom. The zero-order valence-corrected chi connectivity index (χ0v) is 21.7. The molecule has 0 spiro atoms. The van der Waals surface area contributed by atoms with Gasteiger partial charge in [-0.2, -0.15) is 0 Å². The van der Waals surface area contributed by atoms with Gasteiger partial charge in [-0.05, 0) is 60.6 Å². The summed E-state index contributed by atoms with van der Waals surface area (Å²) >= 11 is 0. The zero-order valence-electron chi connectivity index (χ0n) is 21.7. The quantitative estimate of drug-likeness (QED) is 0.301. The molecule has 0 amide bonds. The molecule has 0 unspecified atom stereocenters. The number of hydrogen-bond donors (Lipinski definition) is 2. The number of halogens is 1. The van der Waals surface area contributed by atoms with Crippen LogP contribution in [0.3, 0.4) is 0 Å². The van der Waals surface area contributed by atoms with Gasteiger partial charge in [0, 0.05) is 35.6 Å². The summed E-state index contributed by atoms with van der Waals surface area (Å²) in [6.07, 6.45) is 5.79. The Hall–Kier alpha value is -3.64. The van der Waals surface area contributed by atoms with Crippen molar-refractivity contribution in [2.75, 3.05) is 6.61 Å². The van der Waals surface area contributed by atoms with Crippen molar-refractivity contribution in [2.45, 2.75) is 64.1 Å². The van der Waals surface area contributed by atoms with Crippen LogP contribution >= 0.6 is 0 Å². The third-order valence-corrected chi connectivity index (χ3v) is 8.15. The fourth-order valence-corrected chi connectivity index (χ4v) is 6.35. The van der Waals surface area contributed by atoms with E-state index in [0.717, 1.165) is 40.6 Å². The van der Waals surface area contributed by atoms with Crippen LogP contribution in [0.2, 0.25) is 0 Å². The van der Waals surface area contributed by atoms with Gasteiger partial charge in [0.1, 0.15) is 18.2 Å². The molecule has 1 aliphatic heterocycles. The van der Waals surface area contributed by atoms with E-state index in [1.807, 2.05) is 37.3 Å². The second-order valence-corrected chi connectivity index (χ2v) is 10.7. The summed E-state index contributed by atoms with van der Waals surface area (Å²) < 4.78 is 23.3. The molecule has 0 bridgehead atoms. The molecule has 3 aromatic carbocycles. The molecule has 2 aliphatic rings. The van der Waals surface area contributed by atoms with Crippen LogP contribution in [0.1, 0.15) is 65.1 Å². The summed E-state index contributed by atoms with van der Waals surface area (Å²) in [6.45, 7) is 3.60. The SMILES string of the molecule is Cc1cc(F)cc2c1-c1c(C3CCCCC3)c3ccc(C(=O)O)cc3n1C[C@@H](NCc1ccccc1)CO2. The highest BCUT2D eigenvalue weighted by Gasteiger charge is 2.32. The van der Waals surface area contributed by atoms with Crippen molar-refractivity contribution in [1.29, 1.82) is 0 Å². The van der Waals surface area contributed by atoms with Gasteiger partial charge in [-0.15, -0.1) is 0 Å². The van der Waals surface area contributed by atoms with Crippen molar-refractivity contribution in [3.05, 3.63) is 88.7 Å². The Balaban J connectivity index is 1.56. The zero-order chi connectivity index (χ0) is 26.2. The summed E-state index contributed by atoms with van der Waals surface area (Å²) in [6, 6.07) is 18.7. The molecule has 38 heavy (non-hydrogen) atoms. The number of hydrogen-bond acceptors (Lipinski definition) is 3. The van der Waals surface area contributed by atoms with E-state index in [1.165, 1.54) is 36.5 Å². The average Bonchev–Trinajstić information content (AvgIpc) is 3.22. The molecule has 1 atom stereocenters. The predicted molar refractivity (Wildman–Crippen MR) is 147 cm³/mol. The predicted octanol–water partition coefficient (Wildman–Crippen LogP) is 7.05. The standard InChI is InChI=1S/C32H33FN2O3/c1-20-14-24(33)16-28-29(20)31-30(22-10-6-3-7-11-22)26-13-12-23(32(36)37)15-27(26)35(31)18-25(19-38-28)34-17-21-8-4-2-5-9-21/h2,4-5,8-9,12-16,22,25,34H,3,6-7,10-11,17-19H2,1H3,(H,36,37)/t25-/m1/s1. The lowest BCUT2D eigenvalue weighted by Gasteiger charge is -2.29. The number of carboxylic acid groups (broad SMARTS) is 1. The lowest BCUT2D eigenvalue weighted by atomic mass is 9.81. The van der Waals surface area contributed by atoms with Gasteiger partial charge in [0.15, 0.2) is 0 Å². The minimum atomic E-state index is -0.937. The maximum Gasteiger partial charge on any atom is 0.335 e. The minimum absolute atomic E-state index is 0.0611. The topological polar surface area (TPSA) is 63.5 Å². The third-order valence-electron chi connectivity index (χ3n) is 8.15. The van der Waals surface area contributed by atoms with Crippen LogP contribution in [0.5, 0.6) is 5.75 Å². The monoisotopic (exact) mass is 512 g/mol. The second-order valence-electron chi connectivity index (χ2n) is 10.7. The maximum absolute atomic E-state index is 14.7. The summed E-state index contributed by atoms with van der Waals surface area (Å²) in [5.41, 5.74) is 6.41. The number of fused-ring (bicyclic) bond motifs is 5. The van der Waals surface area contributed by atoms with Gasteiger partial charge in [0.25, 0.3) is 0 Å². The molecule has 0 radical (unpaired) electrons. The fraction of sp³-hybridized carbons (Fsp3) is 0.344. The van der Waals surface area contributed by atoms with Crippen LogP contribution < -0.4 is 10.1 Å². The third kappa shape index (κ3) is 4.58. The van der Waals surface area contributed by atoms with Crippen LogP contribution in [0, 0.1) is 12.7 Å². The number of aromatic carboxylic acids is 1. The molecule has 1 aliphatic carbocycles. The first-order valence-corrected chi connectivity index (χ1v) is 13.6. The van der Waals surface area contributed by atoms with E-state index in [1.54, 1.807) is 12.1 Å². The maximum atomic E-state index is 14.7. The Bertz CT molecular complexity index is 1490. The lowest BCUT2D eigenvalue weighted by molar-refractivity contribution is 0.0697. The highest BCUT2D eigenvalue weighted by atomic mass is 19.1. The second kappa shape index (κ2) is 10.3. The van der Waals surface area contributed by atoms with Crippen LogP contribution in [0.25, 0.3) is 22.2 Å². The molecule has 2 N–H and O–H groups in total. The molecule has 5 nitrogen and oxygen atoms in total. The van der Waals surface area contributed by atoms with Crippen molar-refractivity contribution in [1.82, 2.24) is 9.88 Å². The fourth-order valence-electron chi connectivity index (χ4n) is 6.35. The molecular formula is C32H33FN2O3. The van der Waals surface area contributed by atoms with Crippen molar-refractivity contribution >= 4 is 16.9 Å². The molecule has 2 heterocycles. The van der Waals surface area contributed by atoms with E-state index >= 15 is 0 Å². The number of rotatable bonds is 5. The van der Waals surface area contributed by atoms with E-state index in [-0.39, 0.29) is 17.4 Å². The molecule has 6 heteroatoms. The number of nitrogens with zero attached hydrogens (tertiary/aromatic N) is 1. The van der Waals surface area contributed by atoms with E-state index in [9.17, 15) is 14.3 Å². The van der Waals surface area contributed by atoms with Gasteiger partial charge < -0.3 is 19.7 Å². The first-order chi connectivity index (χ1) is 18.5. The van der Waals surface area contributed by atoms with Gasteiger partial charge in [-0.25, -0.2) is 9.18 Å². The highest BCUT2D eigenvalue weighted by molar-refractivity contribution is 5.99. The lowest BCUT2D eigenvalue weighted by Crippen LogP contribution is -2.39. The molecule has 1 fully saturated rings. The number of aromatic nitrogens is 1. The minimum Gasteiger partial charge on any atom is -0.491 e. The molecule has 0 saturated heterocycles. The van der Waals surface area contributed by atoms with Gasteiger partial charge in [-0.3, -0.25) is 0 Å². The van der Waals surface area contributed by atoms with Crippen molar-refractivity contribution in [3.63, 3.8) is 0 Å². The Morgan fingerprint density at radius 1 is 1.08 bits per heavy atom. The summed E-state index contributed by atoms with van der Waals surface area (Å²) in [5.74, 6) is -0.335. The Labute approximate surface area is 222 Å². The molecule has 1 aromatic heterocycles. The van der Waals surface area contributed by atoms with Crippen LogP contribution in [-0.2, 0) is 13.1 Å². The first kappa shape index (κ1) is 24.7. The van der Waals surface area contributed by atoms with Gasteiger partial charge in [0.2, 0.25) is 0 Å². The highest BCUT2D eigenvalue weighted by Crippen LogP contribution is 2.48. The largest absolute Gasteiger partial charge is 0.491 e. The number of nitrogens with one attached hydrogen (secondary N) is 1. The summed E-state index contributed by atoms with van der Waals surface area (Å²) in [5, 5.41) is 14.6. The van der Waals surface area contributed by atoms with Crippen molar-refractivity contribution in [2.24, 2.45) is 0 Å². The van der Waals surface area contributed by atoms with E-state index in [2.05, 4.69) is 22.0 Å². The Morgan fingerprint density at radius 2 is 1.87 bits per heavy atom. The normalized spacial score (nSPS) is 17.8. The number of carboxylic acids is 1. The van der Waals surface area contributed by atoms with E-state index in [0.29, 0.717) is 31.4 Å². The number of carbonyl (C=O) groups is 1. The van der Waals surface area contributed by atoms with Crippen LogP contribution in [0.15, 0.2) is 60.7 Å². The van der Waals surface area contributed by atoms with Gasteiger partial charge in [-0.1, -0.05) is 55.7 Å².